The van der Waals surface area contributed by atoms with Crippen molar-refractivity contribution in [1.29, 1.82) is 0 Å². The zero-order valence-electron chi connectivity index (χ0n) is 9.79. The highest BCUT2D eigenvalue weighted by Gasteiger charge is 2.02. The number of ether oxygens (including phenoxy) is 1. The molecule has 0 radical (unpaired) electrons. The fourth-order valence-corrected chi connectivity index (χ4v) is 1.35. The van der Waals surface area contributed by atoms with Crippen LogP contribution in [0.2, 0.25) is 0 Å². The monoisotopic (exact) mass is 208 g/mol. The van der Waals surface area contributed by atoms with Crippen molar-refractivity contribution in [2.45, 2.75) is 13.3 Å². The Bertz CT molecular complexity index is 310. The van der Waals surface area contributed by atoms with Crippen molar-refractivity contribution in [3.05, 3.63) is 23.8 Å². The summed E-state index contributed by atoms with van der Waals surface area (Å²) in [5.41, 5.74) is 7.69. The molecule has 1 aromatic rings. The Balaban J connectivity index is 2.60. The largest absolute Gasteiger partial charge is 0.492 e. The first-order valence-corrected chi connectivity index (χ1v) is 5.29. The number of benzene rings is 1. The van der Waals surface area contributed by atoms with Gasteiger partial charge in [0.25, 0.3) is 0 Å². The van der Waals surface area contributed by atoms with Gasteiger partial charge in [0, 0.05) is 12.2 Å². The van der Waals surface area contributed by atoms with Crippen LogP contribution < -0.4 is 10.5 Å². The maximum atomic E-state index is 5.72. The quantitative estimate of drug-likeness (QED) is 0.749. The van der Waals surface area contributed by atoms with E-state index in [9.17, 15) is 0 Å². The van der Waals surface area contributed by atoms with Gasteiger partial charge in [-0.05, 0) is 44.3 Å². The van der Waals surface area contributed by atoms with Gasteiger partial charge in [0.15, 0.2) is 0 Å². The molecule has 0 saturated heterocycles. The molecule has 1 rings (SSSR count). The van der Waals surface area contributed by atoms with Crippen LogP contribution in [-0.2, 0) is 6.42 Å². The van der Waals surface area contributed by atoms with E-state index in [0.29, 0.717) is 6.61 Å². The predicted octanol–water partition coefficient (Wildman–Crippen LogP) is 1.77. The third kappa shape index (κ3) is 3.80. The van der Waals surface area contributed by atoms with Gasteiger partial charge >= 0.3 is 0 Å². The van der Waals surface area contributed by atoms with Crippen LogP contribution in [0, 0.1) is 0 Å². The topological polar surface area (TPSA) is 38.5 Å². The molecule has 0 heterocycles. The van der Waals surface area contributed by atoms with Gasteiger partial charge in [-0.3, -0.25) is 0 Å². The van der Waals surface area contributed by atoms with Crippen LogP contribution in [0.25, 0.3) is 0 Å². The second-order valence-corrected chi connectivity index (χ2v) is 3.87. The number of aryl methyl sites for hydroxylation is 1. The number of nitrogens with two attached hydrogens (primary N) is 1. The Morgan fingerprint density at radius 1 is 1.33 bits per heavy atom. The molecule has 0 aliphatic rings. The van der Waals surface area contributed by atoms with Crippen LogP contribution in [0.4, 0.5) is 5.69 Å². The van der Waals surface area contributed by atoms with Gasteiger partial charge in [0.05, 0.1) is 0 Å². The highest BCUT2D eigenvalue weighted by atomic mass is 16.5. The van der Waals surface area contributed by atoms with Gasteiger partial charge in [-0.25, -0.2) is 0 Å². The van der Waals surface area contributed by atoms with E-state index in [2.05, 4.69) is 11.8 Å². The second kappa shape index (κ2) is 5.61. The normalized spacial score (nSPS) is 10.7. The van der Waals surface area contributed by atoms with Crippen molar-refractivity contribution in [1.82, 2.24) is 4.90 Å². The molecule has 15 heavy (non-hydrogen) atoms. The van der Waals surface area contributed by atoms with Crippen molar-refractivity contribution >= 4 is 5.69 Å². The summed E-state index contributed by atoms with van der Waals surface area (Å²) in [6.45, 7) is 3.74. The molecule has 3 heteroatoms. The lowest BCUT2D eigenvalue weighted by Crippen LogP contribution is -2.19. The van der Waals surface area contributed by atoms with E-state index < -0.39 is 0 Å². The van der Waals surface area contributed by atoms with Gasteiger partial charge in [0.2, 0.25) is 0 Å². The van der Waals surface area contributed by atoms with E-state index in [4.69, 9.17) is 10.5 Å². The van der Waals surface area contributed by atoms with Crippen molar-refractivity contribution in [3.63, 3.8) is 0 Å². The molecule has 0 amide bonds. The molecule has 0 fully saturated rings. The van der Waals surface area contributed by atoms with Crippen molar-refractivity contribution in [2.24, 2.45) is 0 Å². The van der Waals surface area contributed by atoms with Crippen molar-refractivity contribution in [2.75, 3.05) is 33.0 Å². The smallest absolute Gasteiger partial charge is 0.122 e. The Morgan fingerprint density at radius 3 is 2.67 bits per heavy atom. The highest BCUT2D eigenvalue weighted by Crippen LogP contribution is 2.21. The summed E-state index contributed by atoms with van der Waals surface area (Å²) in [5.74, 6) is 0.952. The molecule has 0 saturated carbocycles. The van der Waals surface area contributed by atoms with E-state index in [1.807, 2.05) is 32.3 Å². The number of hydrogen-bond acceptors (Lipinski definition) is 3. The van der Waals surface area contributed by atoms with Gasteiger partial charge in [-0.2, -0.15) is 0 Å². The van der Waals surface area contributed by atoms with Crippen molar-refractivity contribution in [3.8, 4) is 5.75 Å². The molecule has 0 aliphatic carbocycles. The van der Waals surface area contributed by atoms with Crippen LogP contribution in [0.5, 0.6) is 5.75 Å². The Labute approximate surface area is 91.8 Å². The zero-order chi connectivity index (χ0) is 11.3. The third-order valence-electron chi connectivity index (χ3n) is 2.26. The SMILES string of the molecule is CCc1cc(N)ccc1OCCN(C)C. The first-order chi connectivity index (χ1) is 7.13. The molecule has 2 N–H and O–H groups in total. The van der Waals surface area contributed by atoms with E-state index in [1.54, 1.807) is 0 Å². The average Bonchev–Trinajstić information content (AvgIpc) is 2.19. The summed E-state index contributed by atoms with van der Waals surface area (Å²) in [4.78, 5) is 2.10. The molecule has 0 aliphatic heterocycles. The molecule has 1 aromatic carbocycles. The number of likely N-dealkylation sites (N-methyl/N-ethyl adjacent to an activating group) is 1. The number of nitrogen functional groups attached to an aromatic ring is 1. The standard InChI is InChI=1S/C12H20N2O/c1-4-10-9-11(13)5-6-12(10)15-8-7-14(2)3/h5-6,9H,4,7-8,13H2,1-3H3. The van der Waals surface area contributed by atoms with Crippen LogP contribution in [0.3, 0.4) is 0 Å². The van der Waals surface area contributed by atoms with Gasteiger partial charge in [-0.1, -0.05) is 6.92 Å². The number of hydrogen-bond donors (Lipinski definition) is 1. The summed E-state index contributed by atoms with van der Waals surface area (Å²) in [6, 6.07) is 5.80. The zero-order valence-corrected chi connectivity index (χ0v) is 9.79. The maximum Gasteiger partial charge on any atom is 0.122 e. The molecule has 0 spiro atoms. The van der Waals surface area contributed by atoms with Gasteiger partial charge in [-0.15, -0.1) is 0 Å². The molecular formula is C12H20N2O. The van der Waals surface area contributed by atoms with Gasteiger partial charge in [0.1, 0.15) is 12.4 Å². The number of nitrogens with zero attached hydrogens (tertiary/aromatic N) is 1. The highest BCUT2D eigenvalue weighted by molar-refractivity contribution is 5.47. The summed E-state index contributed by atoms with van der Waals surface area (Å²) < 4.78 is 5.70. The molecule has 0 bridgehead atoms. The minimum Gasteiger partial charge on any atom is -0.492 e. The Kier molecular flexibility index (Phi) is 4.43. The van der Waals surface area contributed by atoms with Crippen LogP contribution in [0.1, 0.15) is 12.5 Å². The van der Waals surface area contributed by atoms with E-state index in [0.717, 1.165) is 24.4 Å². The number of rotatable bonds is 5. The number of anilines is 1. The Morgan fingerprint density at radius 2 is 2.07 bits per heavy atom. The van der Waals surface area contributed by atoms with E-state index in [-0.39, 0.29) is 0 Å². The summed E-state index contributed by atoms with van der Waals surface area (Å²) in [6.07, 6.45) is 0.947. The molecule has 84 valence electrons. The third-order valence-corrected chi connectivity index (χ3v) is 2.26. The molecule has 0 unspecified atom stereocenters. The van der Waals surface area contributed by atoms with Crippen LogP contribution in [0.15, 0.2) is 18.2 Å². The molecular weight excluding hydrogens is 188 g/mol. The average molecular weight is 208 g/mol. The molecule has 3 nitrogen and oxygen atoms in total. The first-order valence-electron chi connectivity index (χ1n) is 5.29. The fraction of sp³-hybridized carbons (Fsp3) is 0.500. The molecule has 0 atom stereocenters. The summed E-state index contributed by atoms with van der Waals surface area (Å²) in [7, 11) is 4.07. The lowest BCUT2D eigenvalue weighted by atomic mass is 10.1. The lowest BCUT2D eigenvalue weighted by molar-refractivity contribution is 0.259. The van der Waals surface area contributed by atoms with Crippen LogP contribution in [-0.4, -0.2) is 32.1 Å². The minimum atomic E-state index is 0.712. The first kappa shape index (κ1) is 11.9. The predicted molar refractivity (Wildman–Crippen MR) is 64.3 cm³/mol. The second-order valence-electron chi connectivity index (χ2n) is 3.87. The minimum absolute atomic E-state index is 0.712. The lowest BCUT2D eigenvalue weighted by Gasteiger charge is -2.13. The maximum absolute atomic E-state index is 5.72. The van der Waals surface area contributed by atoms with E-state index in [1.165, 1.54) is 5.56 Å². The van der Waals surface area contributed by atoms with Crippen molar-refractivity contribution < 1.29 is 4.74 Å². The Hall–Kier alpha value is -1.22. The summed E-state index contributed by atoms with van der Waals surface area (Å²) in [5, 5.41) is 0. The van der Waals surface area contributed by atoms with Gasteiger partial charge < -0.3 is 15.4 Å². The fourth-order valence-electron chi connectivity index (χ4n) is 1.35. The van der Waals surface area contributed by atoms with E-state index >= 15 is 0 Å². The molecule has 0 aromatic heterocycles. The summed E-state index contributed by atoms with van der Waals surface area (Å²) >= 11 is 0. The van der Waals surface area contributed by atoms with Crippen LogP contribution >= 0.6 is 0 Å².